The fourth-order valence-corrected chi connectivity index (χ4v) is 1.07. The molecule has 1 rings (SSSR count). The summed E-state index contributed by atoms with van der Waals surface area (Å²) in [5, 5.41) is 9.59. The first kappa shape index (κ1) is 11.3. The number of hydrogen-bond acceptors (Lipinski definition) is 2. The maximum atomic E-state index is 12.6. The van der Waals surface area contributed by atoms with Gasteiger partial charge in [-0.05, 0) is 32.0 Å². The predicted octanol–water partition coefficient (Wildman–Crippen LogP) is 2.63. The summed E-state index contributed by atoms with van der Waals surface area (Å²) in [6.07, 6.45) is 0. The van der Waals surface area contributed by atoms with Crippen LogP contribution in [0.1, 0.15) is 13.8 Å². The first-order valence-electron chi connectivity index (χ1n) is 4.19. The van der Waals surface area contributed by atoms with E-state index in [1.165, 1.54) is 18.2 Å². The van der Waals surface area contributed by atoms with Crippen molar-refractivity contribution in [2.45, 2.75) is 19.4 Å². The van der Waals surface area contributed by atoms with E-state index in [0.717, 1.165) is 0 Å². The van der Waals surface area contributed by atoms with Gasteiger partial charge in [-0.3, -0.25) is 0 Å². The maximum absolute atomic E-state index is 12.6. The lowest BCUT2D eigenvalue weighted by Gasteiger charge is -2.18. The summed E-state index contributed by atoms with van der Waals surface area (Å²) in [6, 6.07) is 3.86. The van der Waals surface area contributed by atoms with Crippen molar-refractivity contribution < 1.29 is 14.2 Å². The Hall–Kier alpha value is -0.800. The van der Waals surface area contributed by atoms with Crippen LogP contribution < -0.4 is 4.74 Å². The summed E-state index contributed by atoms with van der Waals surface area (Å²) in [5.41, 5.74) is -0.933. The molecule has 0 unspecified atom stereocenters. The number of hydrogen-bond donors (Lipinski definition) is 1. The average molecular weight is 219 g/mol. The van der Waals surface area contributed by atoms with Gasteiger partial charge in [0.05, 0.1) is 10.6 Å². The van der Waals surface area contributed by atoms with Crippen LogP contribution in [0.2, 0.25) is 5.02 Å². The molecular formula is C10H12ClFO2. The Labute approximate surface area is 87.3 Å². The van der Waals surface area contributed by atoms with Gasteiger partial charge < -0.3 is 9.84 Å². The van der Waals surface area contributed by atoms with Gasteiger partial charge in [-0.1, -0.05) is 11.6 Å². The van der Waals surface area contributed by atoms with Crippen LogP contribution in [0, 0.1) is 5.82 Å². The van der Waals surface area contributed by atoms with Gasteiger partial charge in [0.2, 0.25) is 0 Å². The van der Waals surface area contributed by atoms with Gasteiger partial charge in [-0.15, -0.1) is 0 Å². The summed E-state index contributed by atoms with van der Waals surface area (Å²) >= 11 is 5.71. The van der Waals surface area contributed by atoms with Crippen LogP contribution in [0.5, 0.6) is 5.75 Å². The smallest absolute Gasteiger partial charge is 0.138 e. The molecule has 1 aromatic rings. The molecule has 4 heteroatoms. The average Bonchev–Trinajstić information content (AvgIpc) is 2.00. The summed E-state index contributed by atoms with van der Waals surface area (Å²) in [6.45, 7) is 3.34. The molecule has 2 nitrogen and oxygen atoms in total. The second-order valence-electron chi connectivity index (χ2n) is 3.68. The second-order valence-corrected chi connectivity index (χ2v) is 4.08. The van der Waals surface area contributed by atoms with Crippen molar-refractivity contribution >= 4 is 11.6 Å². The molecule has 1 aromatic carbocycles. The van der Waals surface area contributed by atoms with Crippen molar-refractivity contribution in [2.24, 2.45) is 0 Å². The Morgan fingerprint density at radius 3 is 2.64 bits per heavy atom. The zero-order chi connectivity index (χ0) is 10.8. The summed E-state index contributed by atoms with van der Waals surface area (Å²) < 4.78 is 17.8. The van der Waals surface area contributed by atoms with E-state index >= 15 is 0 Å². The second kappa shape index (κ2) is 4.15. The minimum atomic E-state index is -0.933. The van der Waals surface area contributed by atoms with E-state index in [4.69, 9.17) is 16.3 Å². The van der Waals surface area contributed by atoms with Crippen molar-refractivity contribution in [1.29, 1.82) is 0 Å². The molecule has 0 aromatic heterocycles. The maximum Gasteiger partial charge on any atom is 0.138 e. The van der Waals surface area contributed by atoms with Crippen molar-refractivity contribution in [3.63, 3.8) is 0 Å². The highest BCUT2D eigenvalue weighted by Crippen LogP contribution is 2.25. The zero-order valence-corrected chi connectivity index (χ0v) is 8.81. The Morgan fingerprint density at radius 1 is 1.50 bits per heavy atom. The monoisotopic (exact) mass is 218 g/mol. The molecule has 0 aliphatic carbocycles. The van der Waals surface area contributed by atoms with Crippen LogP contribution in [0.25, 0.3) is 0 Å². The Balaban J connectivity index is 2.68. The fourth-order valence-electron chi connectivity index (χ4n) is 0.847. The van der Waals surface area contributed by atoms with E-state index in [2.05, 4.69) is 0 Å². The highest BCUT2D eigenvalue weighted by molar-refractivity contribution is 6.32. The SMILES string of the molecule is CC(C)(O)COc1ccc(F)cc1Cl. The molecule has 1 N–H and O–H groups in total. The largest absolute Gasteiger partial charge is 0.489 e. The number of aliphatic hydroxyl groups is 1. The first-order chi connectivity index (χ1) is 6.38. The number of halogens is 2. The topological polar surface area (TPSA) is 29.5 Å². The molecular weight excluding hydrogens is 207 g/mol. The van der Waals surface area contributed by atoms with Crippen molar-refractivity contribution in [1.82, 2.24) is 0 Å². The molecule has 14 heavy (non-hydrogen) atoms. The van der Waals surface area contributed by atoms with Crippen LogP contribution in [-0.2, 0) is 0 Å². The van der Waals surface area contributed by atoms with Crippen LogP contribution in [-0.4, -0.2) is 17.3 Å². The molecule has 0 radical (unpaired) electrons. The van der Waals surface area contributed by atoms with Crippen molar-refractivity contribution in [2.75, 3.05) is 6.61 Å². The minimum Gasteiger partial charge on any atom is -0.489 e. The summed E-state index contributed by atoms with van der Waals surface area (Å²) in [4.78, 5) is 0. The normalized spacial score (nSPS) is 11.5. The predicted molar refractivity (Wildman–Crippen MR) is 53.2 cm³/mol. The summed E-state index contributed by atoms with van der Waals surface area (Å²) in [7, 11) is 0. The fraction of sp³-hybridized carbons (Fsp3) is 0.400. The highest BCUT2D eigenvalue weighted by atomic mass is 35.5. The quantitative estimate of drug-likeness (QED) is 0.845. The van der Waals surface area contributed by atoms with Crippen LogP contribution in [0.15, 0.2) is 18.2 Å². The molecule has 0 spiro atoms. The molecule has 0 heterocycles. The number of ether oxygens (including phenoxy) is 1. The Bertz CT molecular complexity index is 320. The van der Waals surface area contributed by atoms with Crippen molar-refractivity contribution in [3.05, 3.63) is 29.0 Å². The number of benzene rings is 1. The van der Waals surface area contributed by atoms with E-state index < -0.39 is 11.4 Å². The minimum absolute atomic E-state index is 0.109. The van der Waals surface area contributed by atoms with Crippen LogP contribution in [0.3, 0.4) is 0 Å². The van der Waals surface area contributed by atoms with E-state index in [1.807, 2.05) is 0 Å². The first-order valence-corrected chi connectivity index (χ1v) is 4.56. The Kier molecular flexibility index (Phi) is 3.34. The highest BCUT2D eigenvalue weighted by Gasteiger charge is 2.14. The lowest BCUT2D eigenvalue weighted by molar-refractivity contribution is 0.0285. The third kappa shape index (κ3) is 3.52. The zero-order valence-electron chi connectivity index (χ0n) is 8.05. The van der Waals surface area contributed by atoms with Gasteiger partial charge in [0.25, 0.3) is 0 Å². The van der Waals surface area contributed by atoms with Gasteiger partial charge >= 0.3 is 0 Å². The van der Waals surface area contributed by atoms with Gasteiger partial charge in [0.15, 0.2) is 0 Å². The van der Waals surface area contributed by atoms with E-state index in [0.29, 0.717) is 5.75 Å². The molecule has 0 saturated heterocycles. The van der Waals surface area contributed by atoms with Crippen LogP contribution >= 0.6 is 11.6 Å². The molecule has 0 atom stereocenters. The molecule has 78 valence electrons. The van der Waals surface area contributed by atoms with Gasteiger partial charge in [0, 0.05) is 0 Å². The third-order valence-corrected chi connectivity index (χ3v) is 1.77. The van der Waals surface area contributed by atoms with Gasteiger partial charge in [-0.2, -0.15) is 0 Å². The molecule has 0 aliphatic rings. The summed E-state index contributed by atoms with van der Waals surface area (Å²) in [5.74, 6) is -0.0409. The molecule has 0 bridgehead atoms. The molecule has 0 fully saturated rings. The molecule has 0 amide bonds. The lowest BCUT2D eigenvalue weighted by atomic mass is 10.2. The van der Waals surface area contributed by atoms with Gasteiger partial charge in [-0.25, -0.2) is 4.39 Å². The third-order valence-electron chi connectivity index (χ3n) is 1.47. The Morgan fingerprint density at radius 2 is 2.14 bits per heavy atom. The molecule has 0 saturated carbocycles. The lowest BCUT2D eigenvalue weighted by Crippen LogP contribution is -2.27. The van der Waals surface area contributed by atoms with Crippen molar-refractivity contribution in [3.8, 4) is 5.75 Å². The van der Waals surface area contributed by atoms with E-state index in [1.54, 1.807) is 13.8 Å². The standard InChI is InChI=1S/C10H12ClFO2/c1-10(2,13)6-14-9-4-3-7(12)5-8(9)11/h3-5,13H,6H2,1-2H3. The van der Waals surface area contributed by atoms with E-state index in [9.17, 15) is 9.50 Å². The molecule has 0 aliphatic heterocycles. The number of rotatable bonds is 3. The van der Waals surface area contributed by atoms with Crippen LogP contribution in [0.4, 0.5) is 4.39 Å². The van der Waals surface area contributed by atoms with Gasteiger partial charge in [0.1, 0.15) is 18.2 Å². The van der Waals surface area contributed by atoms with E-state index in [-0.39, 0.29) is 11.6 Å².